The van der Waals surface area contributed by atoms with Crippen LogP contribution < -0.4 is 4.74 Å². The zero-order valence-corrected chi connectivity index (χ0v) is 13.9. The largest absolute Gasteiger partial charge is 0.490 e. The number of nitro benzene ring substituents is 1. The van der Waals surface area contributed by atoms with E-state index in [0.717, 1.165) is 13.1 Å². The third kappa shape index (κ3) is 3.36. The molecule has 7 nitrogen and oxygen atoms in total. The lowest BCUT2D eigenvalue weighted by molar-refractivity contribution is -0.385. The van der Waals surface area contributed by atoms with Crippen molar-refractivity contribution < 1.29 is 14.5 Å². The number of nitro groups is 1. The van der Waals surface area contributed by atoms with Gasteiger partial charge in [-0.1, -0.05) is 12.8 Å². The predicted octanol–water partition coefficient (Wildman–Crippen LogP) is 2.30. The predicted molar refractivity (Wildman–Crippen MR) is 89.4 cm³/mol. The second-order valence-corrected chi connectivity index (χ2v) is 6.41. The Hall–Kier alpha value is -2.15. The van der Waals surface area contributed by atoms with Crippen LogP contribution in [0.5, 0.6) is 5.75 Å². The summed E-state index contributed by atoms with van der Waals surface area (Å²) >= 11 is 0. The molecule has 0 aromatic heterocycles. The summed E-state index contributed by atoms with van der Waals surface area (Å²) in [6.07, 6.45) is 5.13. The molecule has 1 amide bonds. The molecule has 1 heterocycles. The van der Waals surface area contributed by atoms with E-state index in [1.54, 1.807) is 11.0 Å². The molecule has 0 unspecified atom stereocenters. The summed E-state index contributed by atoms with van der Waals surface area (Å²) in [7, 11) is 1.38. The summed E-state index contributed by atoms with van der Waals surface area (Å²) in [5, 5.41) is 11.1. The van der Waals surface area contributed by atoms with Crippen LogP contribution in [-0.2, 0) is 0 Å². The Labute approximate surface area is 141 Å². The molecule has 0 spiro atoms. The minimum absolute atomic E-state index is 0.146. The number of nitrogens with zero attached hydrogens (tertiary/aromatic N) is 3. The molecule has 7 heteroatoms. The van der Waals surface area contributed by atoms with Crippen LogP contribution in [0.1, 0.15) is 36.0 Å². The van der Waals surface area contributed by atoms with E-state index in [0.29, 0.717) is 24.7 Å². The first-order chi connectivity index (χ1) is 11.6. The summed E-state index contributed by atoms with van der Waals surface area (Å²) in [5.41, 5.74) is 0.171. The topological polar surface area (TPSA) is 75.9 Å². The summed E-state index contributed by atoms with van der Waals surface area (Å²) < 4.78 is 4.98. The lowest BCUT2D eigenvalue weighted by Crippen LogP contribution is -2.51. The Morgan fingerprint density at radius 3 is 2.46 bits per heavy atom. The molecule has 1 aliphatic carbocycles. The van der Waals surface area contributed by atoms with Gasteiger partial charge in [-0.3, -0.25) is 19.8 Å². The van der Waals surface area contributed by atoms with Crippen molar-refractivity contribution in [3.05, 3.63) is 33.9 Å². The Morgan fingerprint density at radius 2 is 1.88 bits per heavy atom. The number of piperazine rings is 1. The first kappa shape index (κ1) is 16.7. The molecule has 2 fully saturated rings. The van der Waals surface area contributed by atoms with E-state index in [4.69, 9.17) is 4.74 Å². The van der Waals surface area contributed by atoms with Crippen molar-refractivity contribution in [1.82, 2.24) is 9.80 Å². The van der Waals surface area contributed by atoms with Gasteiger partial charge in [0.15, 0.2) is 5.75 Å². The van der Waals surface area contributed by atoms with Crippen molar-refractivity contribution in [2.24, 2.45) is 0 Å². The van der Waals surface area contributed by atoms with Crippen LogP contribution in [0.4, 0.5) is 5.69 Å². The molecule has 0 atom stereocenters. The molecule has 0 N–H and O–H groups in total. The fraction of sp³-hybridized carbons (Fsp3) is 0.588. The minimum Gasteiger partial charge on any atom is -0.490 e. The molecule has 0 radical (unpaired) electrons. The molecule has 130 valence electrons. The second-order valence-electron chi connectivity index (χ2n) is 6.41. The van der Waals surface area contributed by atoms with E-state index in [-0.39, 0.29) is 17.3 Å². The Bertz CT molecular complexity index is 620. The van der Waals surface area contributed by atoms with Crippen LogP contribution in [0.3, 0.4) is 0 Å². The number of rotatable bonds is 4. The summed E-state index contributed by atoms with van der Waals surface area (Å²) in [5.74, 6) is 0.0226. The van der Waals surface area contributed by atoms with Gasteiger partial charge in [0.05, 0.1) is 12.0 Å². The van der Waals surface area contributed by atoms with Crippen LogP contribution in [0.15, 0.2) is 18.2 Å². The van der Waals surface area contributed by atoms with Gasteiger partial charge in [0.25, 0.3) is 5.91 Å². The molecule has 1 saturated heterocycles. The maximum absolute atomic E-state index is 12.6. The average molecular weight is 333 g/mol. The fourth-order valence-electron chi connectivity index (χ4n) is 3.71. The number of hydrogen-bond acceptors (Lipinski definition) is 5. The van der Waals surface area contributed by atoms with Crippen molar-refractivity contribution in [1.29, 1.82) is 0 Å². The zero-order valence-electron chi connectivity index (χ0n) is 13.9. The second kappa shape index (κ2) is 7.17. The third-order valence-electron chi connectivity index (χ3n) is 5.07. The molecule has 3 rings (SSSR count). The highest BCUT2D eigenvalue weighted by Gasteiger charge is 2.29. The standard InChI is InChI=1S/C17H23N3O4/c1-24-16-7-6-13(12-15(16)20(22)23)17(21)19-10-8-18(9-11-19)14-4-2-3-5-14/h6-7,12,14H,2-5,8-11H2,1H3. The minimum atomic E-state index is -0.520. The molecule has 1 aromatic carbocycles. The van der Waals surface area contributed by atoms with Crippen LogP contribution in [0.25, 0.3) is 0 Å². The molecule has 0 bridgehead atoms. The van der Waals surface area contributed by atoms with E-state index in [9.17, 15) is 14.9 Å². The Morgan fingerprint density at radius 1 is 1.21 bits per heavy atom. The molecule has 1 aliphatic heterocycles. The number of methoxy groups -OCH3 is 1. The van der Waals surface area contributed by atoms with E-state index >= 15 is 0 Å². The number of amides is 1. The smallest absolute Gasteiger partial charge is 0.311 e. The van der Waals surface area contributed by atoms with E-state index < -0.39 is 4.92 Å². The van der Waals surface area contributed by atoms with Crippen LogP contribution in [0.2, 0.25) is 0 Å². The molecule has 24 heavy (non-hydrogen) atoms. The molecule has 1 saturated carbocycles. The number of hydrogen-bond donors (Lipinski definition) is 0. The quantitative estimate of drug-likeness (QED) is 0.624. The molecular formula is C17H23N3O4. The van der Waals surface area contributed by atoms with E-state index in [2.05, 4.69) is 4.90 Å². The first-order valence-corrected chi connectivity index (χ1v) is 8.46. The van der Waals surface area contributed by atoms with Crippen molar-refractivity contribution in [3.63, 3.8) is 0 Å². The zero-order chi connectivity index (χ0) is 17.1. The van der Waals surface area contributed by atoms with Crippen LogP contribution >= 0.6 is 0 Å². The Kier molecular flexibility index (Phi) is 4.99. The fourth-order valence-corrected chi connectivity index (χ4v) is 3.71. The van der Waals surface area contributed by atoms with Crippen LogP contribution in [0, 0.1) is 10.1 Å². The van der Waals surface area contributed by atoms with Gasteiger partial charge in [-0.2, -0.15) is 0 Å². The summed E-state index contributed by atoms with van der Waals surface area (Å²) in [6.45, 7) is 3.12. The lowest BCUT2D eigenvalue weighted by atomic mass is 10.1. The van der Waals surface area contributed by atoms with Gasteiger partial charge >= 0.3 is 5.69 Å². The summed E-state index contributed by atoms with van der Waals surface area (Å²) in [6, 6.07) is 5.06. The molecule has 1 aromatic rings. The van der Waals surface area contributed by atoms with E-state index in [1.807, 2.05) is 0 Å². The van der Waals surface area contributed by atoms with Gasteiger partial charge in [-0.15, -0.1) is 0 Å². The van der Waals surface area contributed by atoms with Gasteiger partial charge in [-0.05, 0) is 25.0 Å². The first-order valence-electron chi connectivity index (χ1n) is 8.46. The molecular weight excluding hydrogens is 310 g/mol. The lowest BCUT2D eigenvalue weighted by Gasteiger charge is -2.38. The normalized spacial score (nSPS) is 19.5. The SMILES string of the molecule is COc1ccc(C(=O)N2CCN(C3CCCC3)CC2)cc1[N+](=O)[O-]. The number of ether oxygens (including phenoxy) is 1. The maximum atomic E-state index is 12.6. The van der Waals surface area contributed by atoms with Crippen molar-refractivity contribution in [3.8, 4) is 5.75 Å². The van der Waals surface area contributed by atoms with Crippen molar-refractivity contribution in [2.45, 2.75) is 31.7 Å². The van der Waals surface area contributed by atoms with Crippen LogP contribution in [-0.4, -0.2) is 60.0 Å². The van der Waals surface area contributed by atoms with Gasteiger partial charge < -0.3 is 9.64 Å². The van der Waals surface area contributed by atoms with Gasteiger partial charge in [0.1, 0.15) is 0 Å². The number of benzene rings is 1. The highest BCUT2D eigenvalue weighted by Crippen LogP contribution is 2.29. The van der Waals surface area contributed by atoms with E-state index in [1.165, 1.54) is 44.9 Å². The Balaban J connectivity index is 1.66. The summed E-state index contributed by atoms with van der Waals surface area (Å²) in [4.78, 5) is 27.5. The molecule has 2 aliphatic rings. The number of carbonyl (C=O) groups excluding carboxylic acids is 1. The highest BCUT2D eigenvalue weighted by molar-refractivity contribution is 5.95. The third-order valence-corrected chi connectivity index (χ3v) is 5.07. The van der Waals surface area contributed by atoms with Gasteiger partial charge in [-0.25, -0.2) is 0 Å². The highest BCUT2D eigenvalue weighted by atomic mass is 16.6. The van der Waals surface area contributed by atoms with Crippen molar-refractivity contribution in [2.75, 3.05) is 33.3 Å². The maximum Gasteiger partial charge on any atom is 0.311 e. The number of carbonyl (C=O) groups is 1. The van der Waals surface area contributed by atoms with Gasteiger partial charge in [0.2, 0.25) is 0 Å². The van der Waals surface area contributed by atoms with Crippen molar-refractivity contribution >= 4 is 11.6 Å². The average Bonchev–Trinajstić information content (AvgIpc) is 3.15. The van der Waals surface area contributed by atoms with Gasteiger partial charge in [0, 0.05) is 43.9 Å². The monoisotopic (exact) mass is 333 g/mol.